The Labute approximate surface area is 148 Å². The third-order valence-corrected chi connectivity index (χ3v) is 4.15. The van der Waals surface area contributed by atoms with Gasteiger partial charge in [0, 0.05) is 24.2 Å². The van der Waals surface area contributed by atoms with Crippen LogP contribution in [0.25, 0.3) is 5.82 Å². The van der Waals surface area contributed by atoms with Gasteiger partial charge in [0.05, 0.1) is 0 Å². The van der Waals surface area contributed by atoms with E-state index in [9.17, 15) is 4.79 Å². The van der Waals surface area contributed by atoms with Gasteiger partial charge in [-0.25, -0.2) is 14.6 Å². The second-order valence-electron chi connectivity index (χ2n) is 5.65. The molecule has 0 aliphatic carbocycles. The smallest absolute Gasteiger partial charge is 0.261 e. The zero-order chi connectivity index (χ0) is 17.2. The molecule has 8 heteroatoms. The van der Waals surface area contributed by atoms with Crippen LogP contribution in [0.1, 0.15) is 11.1 Å². The predicted molar refractivity (Wildman–Crippen MR) is 90.6 cm³/mol. The molecule has 0 fully saturated rings. The summed E-state index contributed by atoms with van der Waals surface area (Å²) < 4.78 is 7.24. The second-order valence-corrected chi connectivity index (χ2v) is 6.08. The fraction of sp³-hybridized carbons (Fsp3) is 0.176. The number of benzene rings is 1. The van der Waals surface area contributed by atoms with Crippen molar-refractivity contribution in [2.75, 3.05) is 0 Å². The molecule has 1 atom stereocenters. The molecule has 2 aromatic heterocycles. The monoisotopic (exact) mass is 355 g/mol. The Hall–Kier alpha value is -2.93. The first kappa shape index (κ1) is 15.6. The summed E-state index contributed by atoms with van der Waals surface area (Å²) in [5.41, 5.74) is 1.84. The molecule has 126 valence electrons. The molecule has 1 aromatic carbocycles. The van der Waals surface area contributed by atoms with Gasteiger partial charge in [0.2, 0.25) is 0 Å². The topological polar surface area (TPSA) is 81.9 Å². The fourth-order valence-corrected chi connectivity index (χ4v) is 2.84. The normalized spacial score (nSPS) is 15.5. The van der Waals surface area contributed by atoms with Crippen molar-refractivity contribution in [3.05, 3.63) is 65.3 Å². The molecule has 3 heterocycles. The number of rotatable bonds is 4. The van der Waals surface area contributed by atoms with Crippen LogP contribution in [0.2, 0.25) is 5.02 Å². The first-order valence-electron chi connectivity index (χ1n) is 7.72. The van der Waals surface area contributed by atoms with Crippen LogP contribution in [0.5, 0.6) is 5.75 Å². The Bertz CT molecular complexity index is 896. The molecule has 1 amide bonds. The summed E-state index contributed by atoms with van der Waals surface area (Å²) in [6, 6.07) is 9.08. The van der Waals surface area contributed by atoms with Gasteiger partial charge >= 0.3 is 0 Å². The highest BCUT2D eigenvalue weighted by molar-refractivity contribution is 6.30. The number of hydrogen-bond donors (Lipinski definition) is 1. The number of nitrogens with one attached hydrogen (secondary N) is 1. The molecule has 0 bridgehead atoms. The first-order chi connectivity index (χ1) is 12.2. The van der Waals surface area contributed by atoms with Crippen molar-refractivity contribution < 1.29 is 9.53 Å². The quantitative estimate of drug-likeness (QED) is 0.773. The van der Waals surface area contributed by atoms with E-state index in [0.717, 1.165) is 11.1 Å². The van der Waals surface area contributed by atoms with E-state index >= 15 is 0 Å². The Morgan fingerprint density at radius 3 is 3.04 bits per heavy atom. The largest absolute Gasteiger partial charge is 0.480 e. The minimum atomic E-state index is -0.532. The molecular weight excluding hydrogens is 342 g/mol. The van der Waals surface area contributed by atoms with Gasteiger partial charge < -0.3 is 10.1 Å². The van der Waals surface area contributed by atoms with Crippen LogP contribution < -0.4 is 10.1 Å². The molecule has 0 radical (unpaired) electrons. The number of halogens is 1. The summed E-state index contributed by atoms with van der Waals surface area (Å²) in [5, 5.41) is 7.53. The van der Waals surface area contributed by atoms with E-state index < -0.39 is 6.10 Å². The number of carbonyl (C=O) groups is 1. The standard InChI is InChI=1S/C17H14ClN5O2/c18-13-2-3-14-12(5-13)6-15(25-14)17(24)21-8-11-1-4-16(20-7-11)23-10-19-9-22-23/h1-5,7,9-10,15H,6,8H2,(H,21,24)/t15-/m1/s1. The molecular formula is C17H14ClN5O2. The fourth-order valence-electron chi connectivity index (χ4n) is 2.65. The van der Waals surface area contributed by atoms with Crippen molar-refractivity contribution in [1.29, 1.82) is 0 Å². The van der Waals surface area contributed by atoms with Gasteiger partial charge in [0.25, 0.3) is 5.91 Å². The highest BCUT2D eigenvalue weighted by atomic mass is 35.5. The summed E-state index contributed by atoms with van der Waals surface area (Å²) in [7, 11) is 0. The first-order valence-corrected chi connectivity index (χ1v) is 8.09. The number of carbonyl (C=O) groups excluding carboxylic acids is 1. The van der Waals surface area contributed by atoms with Crippen molar-refractivity contribution in [2.24, 2.45) is 0 Å². The molecule has 25 heavy (non-hydrogen) atoms. The number of ether oxygens (including phenoxy) is 1. The summed E-state index contributed by atoms with van der Waals surface area (Å²) >= 11 is 5.97. The van der Waals surface area contributed by atoms with Crippen LogP contribution in [0.3, 0.4) is 0 Å². The predicted octanol–water partition coefficient (Wildman–Crippen LogP) is 1.94. The van der Waals surface area contributed by atoms with Gasteiger partial charge in [0.1, 0.15) is 18.4 Å². The number of nitrogens with zero attached hydrogens (tertiary/aromatic N) is 4. The molecule has 1 N–H and O–H groups in total. The molecule has 4 rings (SSSR count). The lowest BCUT2D eigenvalue weighted by Gasteiger charge is -2.11. The van der Waals surface area contributed by atoms with Gasteiger partial charge in [-0.1, -0.05) is 17.7 Å². The van der Waals surface area contributed by atoms with Gasteiger partial charge in [-0.2, -0.15) is 5.10 Å². The summed E-state index contributed by atoms with van der Waals surface area (Å²) in [5.74, 6) is 1.22. The maximum absolute atomic E-state index is 12.3. The highest BCUT2D eigenvalue weighted by Gasteiger charge is 2.28. The van der Waals surface area contributed by atoms with E-state index in [1.165, 1.54) is 6.33 Å². The lowest BCUT2D eigenvalue weighted by atomic mass is 10.1. The zero-order valence-electron chi connectivity index (χ0n) is 13.1. The van der Waals surface area contributed by atoms with E-state index in [1.54, 1.807) is 29.3 Å². The van der Waals surface area contributed by atoms with E-state index in [-0.39, 0.29) is 5.91 Å². The molecule has 1 aliphatic heterocycles. The Morgan fingerprint density at radius 1 is 1.36 bits per heavy atom. The van der Waals surface area contributed by atoms with Crippen molar-refractivity contribution >= 4 is 17.5 Å². The Morgan fingerprint density at radius 2 is 2.28 bits per heavy atom. The van der Waals surface area contributed by atoms with E-state index in [2.05, 4.69) is 20.4 Å². The van der Waals surface area contributed by atoms with E-state index in [0.29, 0.717) is 29.6 Å². The van der Waals surface area contributed by atoms with Crippen LogP contribution in [0.4, 0.5) is 0 Å². The minimum absolute atomic E-state index is 0.160. The third-order valence-electron chi connectivity index (χ3n) is 3.92. The molecule has 1 aliphatic rings. The van der Waals surface area contributed by atoms with Crippen LogP contribution in [0.15, 0.2) is 49.2 Å². The number of amides is 1. The Kier molecular flexibility index (Phi) is 4.07. The maximum Gasteiger partial charge on any atom is 0.261 e. The van der Waals surface area contributed by atoms with Crippen molar-refractivity contribution in [3.63, 3.8) is 0 Å². The van der Waals surface area contributed by atoms with Gasteiger partial charge in [-0.15, -0.1) is 0 Å². The molecule has 7 nitrogen and oxygen atoms in total. The minimum Gasteiger partial charge on any atom is -0.480 e. The second kappa shape index (κ2) is 6.52. The van der Waals surface area contributed by atoms with Gasteiger partial charge in [0.15, 0.2) is 11.9 Å². The molecule has 3 aromatic rings. The number of aromatic nitrogens is 4. The SMILES string of the molecule is O=C(NCc1ccc(-n2cncn2)nc1)[C@H]1Cc2cc(Cl)ccc2O1. The van der Waals surface area contributed by atoms with Gasteiger partial charge in [-0.3, -0.25) is 4.79 Å². The van der Waals surface area contributed by atoms with E-state index in [1.807, 2.05) is 18.2 Å². The van der Waals surface area contributed by atoms with Crippen LogP contribution in [-0.2, 0) is 17.8 Å². The lowest BCUT2D eigenvalue weighted by molar-refractivity contribution is -0.127. The van der Waals surface area contributed by atoms with Crippen LogP contribution in [-0.4, -0.2) is 31.8 Å². The van der Waals surface area contributed by atoms with Crippen molar-refractivity contribution in [2.45, 2.75) is 19.1 Å². The van der Waals surface area contributed by atoms with Crippen LogP contribution >= 0.6 is 11.6 Å². The maximum atomic E-state index is 12.3. The number of fused-ring (bicyclic) bond motifs is 1. The molecule has 0 saturated heterocycles. The summed E-state index contributed by atoms with van der Waals surface area (Å²) in [6.07, 6.45) is 4.70. The number of hydrogen-bond acceptors (Lipinski definition) is 5. The average Bonchev–Trinajstić information content (AvgIpc) is 3.29. The summed E-state index contributed by atoms with van der Waals surface area (Å²) in [6.45, 7) is 0.375. The van der Waals surface area contributed by atoms with Crippen LogP contribution in [0, 0.1) is 0 Å². The van der Waals surface area contributed by atoms with Gasteiger partial charge in [-0.05, 0) is 35.4 Å². The van der Waals surface area contributed by atoms with Crippen molar-refractivity contribution in [3.8, 4) is 11.6 Å². The lowest BCUT2D eigenvalue weighted by Crippen LogP contribution is -2.37. The highest BCUT2D eigenvalue weighted by Crippen LogP contribution is 2.31. The average molecular weight is 356 g/mol. The summed E-state index contributed by atoms with van der Waals surface area (Å²) in [4.78, 5) is 20.5. The molecule has 0 spiro atoms. The van der Waals surface area contributed by atoms with E-state index in [4.69, 9.17) is 16.3 Å². The van der Waals surface area contributed by atoms with Crippen molar-refractivity contribution in [1.82, 2.24) is 25.1 Å². The molecule has 0 saturated carbocycles. The number of pyridine rings is 1. The third kappa shape index (κ3) is 3.32. The zero-order valence-corrected chi connectivity index (χ0v) is 13.8. The molecule has 0 unspecified atom stereocenters. The Balaban J connectivity index is 1.35.